The summed E-state index contributed by atoms with van der Waals surface area (Å²) in [5.41, 5.74) is 0. The molecule has 2 unspecified atom stereocenters. The lowest BCUT2D eigenvalue weighted by atomic mass is 9.95. The van der Waals surface area contributed by atoms with Gasteiger partial charge in [0.25, 0.3) is 5.91 Å². The summed E-state index contributed by atoms with van der Waals surface area (Å²) in [6.45, 7) is -0.0904. The number of rotatable bonds is 5. The molecule has 5 nitrogen and oxygen atoms in total. The monoisotopic (exact) mass is 291 g/mol. The highest BCUT2D eigenvalue weighted by Crippen LogP contribution is 2.23. The highest BCUT2D eigenvalue weighted by molar-refractivity contribution is 5.79. The fraction of sp³-hybridized carbons (Fsp3) is 0.500. The minimum absolute atomic E-state index is 0.0904. The Morgan fingerprint density at radius 1 is 1.14 bits per heavy atom. The second-order valence-electron chi connectivity index (χ2n) is 5.36. The molecule has 2 atom stereocenters. The van der Waals surface area contributed by atoms with Gasteiger partial charge in [0.05, 0.1) is 5.92 Å². The molecule has 0 saturated heterocycles. The summed E-state index contributed by atoms with van der Waals surface area (Å²) in [6, 6.07) is 8.79. The third-order valence-corrected chi connectivity index (χ3v) is 3.79. The van der Waals surface area contributed by atoms with Gasteiger partial charge in [-0.05, 0) is 25.0 Å². The van der Waals surface area contributed by atoms with Gasteiger partial charge in [0.15, 0.2) is 6.61 Å². The summed E-state index contributed by atoms with van der Waals surface area (Å²) in [7, 11) is 0. The van der Waals surface area contributed by atoms with Gasteiger partial charge in [0.1, 0.15) is 5.75 Å². The summed E-state index contributed by atoms with van der Waals surface area (Å²) in [5, 5.41) is 12.1. The molecule has 1 amide bonds. The number of hydrogen-bond acceptors (Lipinski definition) is 3. The van der Waals surface area contributed by atoms with Gasteiger partial charge in [-0.1, -0.05) is 37.5 Å². The molecule has 2 rings (SSSR count). The van der Waals surface area contributed by atoms with Crippen molar-refractivity contribution in [3.8, 4) is 5.75 Å². The van der Waals surface area contributed by atoms with E-state index in [0.717, 1.165) is 19.3 Å². The Hall–Kier alpha value is -2.04. The summed E-state index contributed by atoms with van der Waals surface area (Å²) < 4.78 is 5.38. The van der Waals surface area contributed by atoms with E-state index < -0.39 is 11.9 Å². The average molecular weight is 291 g/mol. The Morgan fingerprint density at radius 2 is 1.86 bits per heavy atom. The number of carbonyl (C=O) groups is 2. The van der Waals surface area contributed by atoms with E-state index in [0.29, 0.717) is 18.6 Å². The van der Waals surface area contributed by atoms with Crippen molar-refractivity contribution in [2.45, 2.75) is 38.1 Å². The van der Waals surface area contributed by atoms with Crippen molar-refractivity contribution < 1.29 is 19.4 Å². The largest absolute Gasteiger partial charge is 0.484 e. The van der Waals surface area contributed by atoms with Gasteiger partial charge in [-0.15, -0.1) is 0 Å². The first-order chi connectivity index (χ1) is 10.2. The SMILES string of the molecule is O=C(COc1ccccc1)NC1CCCCCC1C(=O)O. The molecule has 0 aliphatic heterocycles. The number of carboxylic acids is 1. The second kappa shape index (κ2) is 7.67. The number of para-hydroxylation sites is 1. The van der Waals surface area contributed by atoms with E-state index in [1.54, 1.807) is 12.1 Å². The van der Waals surface area contributed by atoms with Crippen molar-refractivity contribution in [3.63, 3.8) is 0 Å². The van der Waals surface area contributed by atoms with E-state index in [1.807, 2.05) is 18.2 Å². The highest BCUT2D eigenvalue weighted by atomic mass is 16.5. The van der Waals surface area contributed by atoms with Gasteiger partial charge in [-0.2, -0.15) is 0 Å². The van der Waals surface area contributed by atoms with Gasteiger partial charge in [-0.3, -0.25) is 9.59 Å². The summed E-state index contributed by atoms with van der Waals surface area (Å²) in [4.78, 5) is 23.2. The normalized spacial score (nSPS) is 22.1. The minimum Gasteiger partial charge on any atom is -0.484 e. The molecular formula is C16H21NO4. The lowest BCUT2D eigenvalue weighted by molar-refractivity contribution is -0.143. The molecule has 0 heterocycles. The standard InChI is InChI=1S/C16H21NO4/c18-15(11-21-12-7-3-1-4-8-12)17-14-10-6-2-5-9-13(14)16(19)20/h1,3-4,7-8,13-14H,2,5-6,9-11H2,(H,17,18)(H,19,20). The number of carbonyl (C=O) groups excluding carboxylic acids is 1. The van der Waals surface area contributed by atoms with E-state index in [4.69, 9.17) is 4.74 Å². The molecule has 0 aromatic heterocycles. The summed E-state index contributed by atoms with van der Waals surface area (Å²) in [6.07, 6.45) is 4.22. The smallest absolute Gasteiger partial charge is 0.308 e. The van der Waals surface area contributed by atoms with Crippen LogP contribution in [0, 0.1) is 5.92 Å². The molecule has 1 aromatic rings. The Labute approximate surface area is 124 Å². The molecule has 0 spiro atoms. The molecular weight excluding hydrogens is 270 g/mol. The van der Waals surface area contributed by atoms with Crippen LogP contribution in [0.1, 0.15) is 32.1 Å². The third kappa shape index (κ3) is 4.77. The van der Waals surface area contributed by atoms with Crippen LogP contribution in [0.15, 0.2) is 30.3 Å². The van der Waals surface area contributed by atoms with Crippen LogP contribution >= 0.6 is 0 Å². The second-order valence-corrected chi connectivity index (χ2v) is 5.36. The molecule has 21 heavy (non-hydrogen) atoms. The Morgan fingerprint density at radius 3 is 2.57 bits per heavy atom. The molecule has 1 aliphatic carbocycles. The number of hydrogen-bond donors (Lipinski definition) is 2. The molecule has 1 aliphatic rings. The van der Waals surface area contributed by atoms with Gasteiger partial charge in [0, 0.05) is 6.04 Å². The van der Waals surface area contributed by atoms with Crippen LogP contribution < -0.4 is 10.1 Å². The van der Waals surface area contributed by atoms with E-state index >= 15 is 0 Å². The topological polar surface area (TPSA) is 75.6 Å². The number of amides is 1. The van der Waals surface area contributed by atoms with Crippen LogP contribution in [-0.2, 0) is 9.59 Å². The molecule has 114 valence electrons. The first-order valence-corrected chi connectivity index (χ1v) is 7.37. The Bertz CT molecular complexity index is 474. The zero-order valence-electron chi connectivity index (χ0n) is 12.0. The fourth-order valence-electron chi connectivity index (χ4n) is 2.69. The number of aliphatic carboxylic acids is 1. The van der Waals surface area contributed by atoms with Crippen LogP contribution in [0.25, 0.3) is 0 Å². The molecule has 1 fully saturated rings. The third-order valence-electron chi connectivity index (χ3n) is 3.79. The number of carboxylic acid groups (broad SMARTS) is 1. The van der Waals surface area contributed by atoms with Gasteiger partial charge < -0.3 is 15.2 Å². The van der Waals surface area contributed by atoms with Crippen LogP contribution in [-0.4, -0.2) is 29.6 Å². The zero-order valence-corrected chi connectivity index (χ0v) is 12.0. The highest BCUT2D eigenvalue weighted by Gasteiger charge is 2.30. The van der Waals surface area contributed by atoms with Gasteiger partial charge in [-0.25, -0.2) is 0 Å². The zero-order chi connectivity index (χ0) is 15.1. The summed E-state index contributed by atoms with van der Waals surface area (Å²) in [5.74, 6) is -0.959. The predicted molar refractivity (Wildman–Crippen MR) is 78.1 cm³/mol. The Kier molecular flexibility index (Phi) is 5.60. The first-order valence-electron chi connectivity index (χ1n) is 7.37. The van der Waals surface area contributed by atoms with Crippen molar-refractivity contribution in [1.82, 2.24) is 5.32 Å². The van der Waals surface area contributed by atoms with E-state index in [1.165, 1.54) is 0 Å². The lowest BCUT2D eigenvalue weighted by Gasteiger charge is -2.22. The average Bonchev–Trinajstić information content (AvgIpc) is 2.72. The first kappa shape index (κ1) is 15.4. The maximum absolute atomic E-state index is 11.9. The molecule has 0 radical (unpaired) electrons. The maximum atomic E-state index is 11.9. The maximum Gasteiger partial charge on any atom is 0.308 e. The number of ether oxygens (including phenoxy) is 1. The lowest BCUT2D eigenvalue weighted by Crippen LogP contribution is -2.44. The van der Waals surface area contributed by atoms with Crippen molar-refractivity contribution in [2.24, 2.45) is 5.92 Å². The van der Waals surface area contributed by atoms with Crippen molar-refractivity contribution in [1.29, 1.82) is 0 Å². The van der Waals surface area contributed by atoms with Gasteiger partial charge >= 0.3 is 5.97 Å². The molecule has 0 bridgehead atoms. The molecule has 5 heteroatoms. The number of benzene rings is 1. The van der Waals surface area contributed by atoms with Crippen LogP contribution in [0.2, 0.25) is 0 Å². The summed E-state index contributed by atoms with van der Waals surface area (Å²) >= 11 is 0. The van der Waals surface area contributed by atoms with Crippen molar-refractivity contribution in [2.75, 3.05) is 6.61 Å². The van der Waals surface area contributed by atoms with Crippen LogP contribution in [0.5, 0.6) is 5.75 Å². The Balaban J connectivity index is 1.86. The van der Waals surface area contributed by atoms with E-state index in [2.05, 4.69) is 5.32 Å². The van der Waals surface area contributed by atoms with E-state index in [-0.39, 0.29) is 18.6 Å². The quantitative estimate of drug-likeness (QED) is 0.816. The van der Waals surface area contributed by atoms with Crippen molar-refractivity contribution in [3.05, 3.63) is 30.3 Å². The fourth-order valence-corrected chi connectivity index (χ4v) is 2.69. The molecule has 2 N–H and O–H groups in total. The minimum atomic E-state index is -0.828. The van der Waals surface area contributed by atoms with Gasteiger partial charge in [0.2, 0.25) is 0 Å². The van der Waals surface area contributed by atoms with Crippen molar-refractivity contribution >= 4 is 11.9 Å². The predicted octanol–water partition coefficient (Wildman–Crippen LogP) is 2.22. The van der Waals surface area contributed by atoms with E-state index in [9.17, 15) is 14.7 Å². The number of nitrogens with one attached hydrogen (secondary N) is 1. The molecule has 1 saturated carbocycles. The van der Waals surface area contributed by atoms with Crippen LogP contribution in [0.3, 0.4) is 0 Å². The van der Waals surface area contributed by atoms with Crippen LogP contribution in [0.4, 0.5) is 0 Å². The molecule has 1 aromatic carbocycles.